The quantitative estimate of drug-likeness (QED) is 0.890. The highest BCUT2D eigenvalue weighted by atomic mass is 19.1. The van der Waals surface area contributed by atoms with Gasteiger partial charge in [-0.2, -0.15) is 0 Å². The first-order valence-electron chi connectivity index (χ1n) is 7.10. The van der Waals surface area contributed by atoms with Crippen LogP contribution >= 0.6 is 0 Å². The van der Waals surface area contributed by atoms with E-state index >= 15 is 0 Å². The van der Waals surface area contributed by atoms with E-state index in [9.17, 15) is 9.18 Å². The van der Waals surface area contributed by atoms with Crippen LogP contribution in [-0.4, -0.2) is 30.4 Å². The third-order valence-corrected chi connectivity index (χ3v) is 4.10. The normalized spacial score (nSPS) is 31.9. The third kappa shape index (κ3) is 2.93. The first kappa shape index (κ1) is 13.4. The van der Waals surface area contributed by atoms with E-state index < -0.39 is 18.3 Å². The number of carbonyl (C=O) groups is 1. The van der Waals surface area contributed by atoms with Crippen LogP contribution < -0.4 is 10.6 Å². The number of benzene rings is 1. The van der Waals surface area contributed by atoms with Crippen LogP contribution in [0, 0.1) is 0 Å². The number of hydrogen-bond acceptors (Lipinski definition) is 3. The molecule has 2 bridgehead atoms. The Hall–Kier alpha value is -1.62. The van der Waals surface area contributed by atoms with Crippen molar-refractivity contribution in [3.63, 3.8) is 0 Å². The van der Waals surface area contributed by atoms with Gasteiger partial charge in [0.2, 0.25) is 0 Å². The number of piperidine rings is 1. The van der Waals surface area contributed by atoms with Gasteiger partial charge in [-0.15, -0.1) is 0 Å². The molecule has 0 aliphatic carbocycles. The Morgan fingerprint density at radius 1 is 1.35 bits per heavy atom. The van der Waals surface area contributed by atoms with E-state index in [2.05, 4.69) is 10.6 Å². The molecule has 2 saturated heterocycles. The number of nitrogens with one attached hydrogen (secondary N) is 2. The molecule has 2 aliphatic rings. The zero-order valence-corrected chi connectivity index (χ0v) is 11.2. The minimum atomic E-state index is -1.03. The lowest BCUT2D eigenvalue weighted by molar-refractivity contribution is 0.111. The molecule has 0 saturated carbocycles. The van der Waals surface area contributed by atoms with Gasteiger partial charge >= 0.3 is 6.09 Å². The van der Waals surface area contributed by atoms with Gasteiger partial charge in [-0.05, 0) is 24.8 Å². The van der Waals surface area contributed by atoms with Gasteiger partial charge in [-0.25, -0.2) is 9.18 Å². The van der Waals surface area contributed by atoms with Gasteiger partial charge in [0.15, 0.2) is 0 Å². The fourth-order valence-corrected chi connectivity index (χ4v) is 3.06. The number of ether oxygens (including phenoxy) is 1. The monoisotopic (exact) mass is 278 g/mol. The molecule has 108 valence electrons. The van der Waals surface area contributed by atoms with E-state index in [1.54, 1.807) is 0 Å². The van der Waals surface area contributed by atoms with Crippen molar-refractivity contribution in [2.24, 2.45) is 0 Å². The molecule has 4 nitrogen and oxygen atoms in total. The second-order valence-corrected chi connectivity index (χ2v) is 5.54. The summed E-state index contributed by atoms with van der Waals surface area (Å²) in [6, 6.07) is 9.22. The van der Waals surface area contributed by atoms with E-state index in [0.717, 1.165) is 18.4 Å². The SMILES string of the molecule is O=C(N[C@@H]1C[C@@H]2CC[C@@H](N2)[C@H]1F)OCc1ccccc1. The fraction of sp³-hybridized carbons (Fsp3) is 0.533. The van der Waals surface area contributed by atoms with Crippen molar-refractivity contribution in [3.05, 3.63) is 35.9 Å². The van der Waals surface area contributed by atoms with Gasteiger partial charge < -0.3 is 15.4 Å². The van der Waals surface area contributed by atoms with E-state index in [1.807, 2.05) is 30.3 Å². The molecule has 1 amide bonds. The van der Waals surface area contributed by atoms with Crippen molar-refractivity contribution in [2.75, 3.05) is 0 Å². The summed E-state index contributed by atoms with van der Waals surface area (Å²) in [7, 11) is 0. The Bertz CT molecular complexity index is 468. The predicted octanol–water partition coefficient (Wildman–Crippen LogP) is 2.14. The molecule has 2 N–H and O–H groups in total. The molecule has 0 radical (unpaired) electrons. The molecule has 4 atom stereocenters. The molecule has 2 heterocycles. The van der Waals surface area contributed by atoms with Gasteiger partial charge in [-0.1, -0.05) is 30.3 Å². The molecule has 1 aromatic rings. The standard InChI is InChI=1S/C15H19FN2O2/c16-14-12-7-6-11(17-12)8-13(14)18-15(19)20-9-10-4-2-1-3-5-10/h1-5,11-14,17H,6-9H2,(H,18,19)/t11-,12+,13+,14+/m0/s1. The molecule has 1 aromatic carbocycles. The van der Waals surface area contributed by atoms with Crippen LogP contribution in [0.1, 0.15) is 24.8 Å². The van der Waals surface area contributed by atoms with E-state index in [0.29, 0.717) is 12.5 Å². The summed E-state index contributed by atoms with van der Waals surface area (Å²) in [5, 5.41) is 5.90. The van der Waals surface area contributed by atoms with Gasteiger partial charge in [0, 0.05) is 12.1 Å². The molecular weight excluding hydrogens is 259 g/mol. The Morgan fingerprint density at radius 2 is 2.15 bits per heavy atom. The molecule has 0 spiro atoms. The maximum atomic E-state index is 14.1. The van der Waals surface area contributed by atoms with E-state index in [1.165, 1.54) is 0 Å². The Kier molecular flexibility index (Phi) is 3.87. The van der Waals surface area contributed by atoms with Crippen LogP contribution in [-0.2, 0) is 11.3 Å². The zero-order chi connectivity index (χ0) is 13.9. The maximum absolute atomic E-state index is 14.1. The lowest BCUT2D eigenvalue weighted by Crippen LogP contribution is -2.56. The Labute approximate surface area is 117 Å². The Balaban J connectivity index is 1.49. The zero-order valence-electron chi connectivity index (χ0n) is 11.2. The number of alkyl halides is 1. The van der Waals surface area contributed by atoms with Gasteiger partial charge in [-0.3, -0.25) is 0 Å². The number of halogens is 1. The van der Waals surface area contributed by atoms with Crippen molar-refractivity contribution in [2.45, 2.75) is 50.2 Å². The van der Waals surface area contributed by atoms with Gasteiger partial charge in [0.1, 0.15) is 12.8 Å². The van der Waals surface area contributed by atoms with E-state index in [4.69, 9.17) is 4.74 Å². The number of alkyl carbamates (subject to hydrolysis) is 1. The fourth-order valence-electron chi connectivity index (χ4n) is 3.06. The number of amides is 1. The molecule has 20 heavy (non-hydrogen) atoms. The minimum absolute atomic E-state index is 0.117. The summed E-state index contributed by atoms with van der Waals surface area (Å²) in [6.07, 6.45) is 0.907. The minimum Gasteiger partial charge on any atom is -0.445 e. The average Bonchev–Trinajstić information content (AvgIpc) is 2.88. The molecule has 0 aromatic heterocycles. The second kappa shape index (κ2) is 5.79. The third-order valence-electron chi connectivity index (χ3n) is 4.10. The summed E-state index contributed by atoms with van der Waals surface area (Å²) in [6.45, 7) is 0.210. The summed E-state index contributed by atoms with van der Waals surface area (Å²) >= 11 is 0. The summed E-state index contributed by atoms with van der Waals surface area (Å²) in [5.74, 6) is 0. The molecule has 0 unspecified atom stereocenters. The van der Waals surface area contributed by atoms with Crippen LogP contribution in [0.5, 0.6) is 0 Å². The highest BCUT2D eigenvalue weighted by Gasteiger charge is 2.42. The van der Waals surface area contributed by atoms with Crippen LogP contribution in [0.15, 0.2) is 30.3 Å². The topological polar surface area (TPSA) is 50.4 Å². The first-order chi connectivity index (χ1) is 9.72. The summed E-state index contributed by atoms with van der Waals surface area (Å²) in [5.41, 5.74) is 0.921. The van der Waals surface area contributed by atoms with Crippen molar-refractivity contribution < 1.29 is 13.9 Å². The van der Waals surface area contributed by atoms with Crippen LogP contribution in [0.25, 0.3) is 0 Å². The van der Waals surface area contributed by atoms with Gasteiger partial charge in [0.25, 0.3) is 0 Å². The van der Waals surface area contributed by atoms with Crippen LogP contribution in [0.2, 0.25) is 0 Å². The van der Waals surface area contributed by atoms with Gasteiger partial charge in [0.05, 0.1) is 6.04 Å². The number of fused-ring (bicyclic) bond motifs is 2. The van der Waals surface area contributed by atoms with Crippen LogP contribution in [0.3, 0.4) is 0 Å². The van der Waals surface area contributed by atoms with Crippen molar-refractivity contribution in [1.82, 2.24) is 10.6 Å². The van der Waals surface area contributed by atoms with Crippen molar-refractivity contribution in [1.29, 1.82) is 0 Å². The Morgan fingerprint density at radius 3 is 2.95 bits per heavy atom. The largest absolute Gasteiger partial charge is 0.445 e. The van der Waals surface area contributed by atoms with Crippen LogP contribution in [0.4, 0.5) is 9.18 Å². The lowest BCUT2D eigenvalue weighted by atomic mass is 9.98. The van der Waals surface area contributed by atoms with Crippen molar-refractivity contribution in [3.8, 4) is 0 Å². The van der Waals surface area contributed by atoms with E-state index in [-0.39, 0.29) is 12.6 Å². The maximum Gasteiger partial charge on any atom is 0.407 e. The molecule has 2 fully saturated rings. The number of rotatable bonds is 3. The highest BCUT2D eigenvalue weighted by molar-refractivity contribution is 5.67. The first-order valence-corrected chi connectivity index (χ1v) is 7.10. The smallest absolute Gasteiger partial charge is 0.407 e. The lowest BCUT2D eigenvalue weighted by Gasteiger charge is -2.32. The molecular formula is C15H19FN2O2. The average molecular weight is 278 g/mol. The molecule has 2 aliphatic heterocycles. The predicted molar refractivity (Wildman–Crippen MR) is 73.0 cm³/mol. The van der Waals surface area contributed by atoms with Crippen molar-refractivity contribution >= 4 is 6.09 Å². The number of carbonyl (C=O) groups excluding carboxylic acids is 1. The summed E-state index contributed by atoms with van der Waals surface area (Å²) in [4.78, 5) is 11.7. The number of hydrogen-bond donors (Lipinski definition) is 2. The highest BCUT2D eigenvalue weighted by Crippen LogP contribution is 2.29. The molecule has 3 rings (SSSR count). The molecule has 5 heteroatoms. The second-order valence-electron chi connectivity index (χ2n) is 5.54. The summed E-state index contributed by atoms with van der Waals surface area (Å²) < 4.78 is 19.3.